The highest BCUT2D eigenvalue weighted by molar-refractivity contribution is 9.10. The number of amides is 2. The summed E-state index contributed by atoms with van der Waals surface area (Å²) in [5, 5.41) is 3.24. The fourth-order valence-corrected chi connectivity index (χ4v) is 6.98. The smallest absolute Gasteiger partial charge is 0.264 e. The Morgan fingerprint density at radius 2 is 1.55 bits per heavy atom. The summed E-state index contributed by atoms with van der Waals surface area (Å²) >= 11 is 9.93. The highest BCUT2D eigenvalue weighted by Gasteiger charge is 2.35. The molecule has 2 amide bonds. The van der Waals surface area contributed by atoms with Gasteiger partial charge >= 0.3 is 0 Å². The van der Waals surface area contributed by atoms with Crippen molar-refractivity contribution in [1.29, 1.82) is 0 Å². The van der Waals surface area contributed by atoms with E-state index in [0.29, 0.717) is 17.1 Å². The normalized spacial score (nSPS) is 11.9. The van der Waals surface area contributed by atoms with Gasteiger partial charge in [-0.05, 0) is 73.9 Å². The quantitative estimate of drug-likeness (QED) is 0.179. The Balaban J connectivity index is 1.83. The summed E-state index contributed by atoms with van der Waals surface area (Å²) in [6.45, 7) is 5.31. The minimum Gasteiger partial charge on any atom is -0.355 e. The van der Waals surface area contributed by atoms with Crippen LogP contribution < -0.4 is 9.62 Å². The topological polar surface area (TPSA) is 86.8 Å². The second kappa shape index (κ2) is 14.9. The van der Waals surface area contributed by atoms with Gasteiger partial charge in [0.25, 0.3) is 10.0 Å². The van der Waals surface area contributed by atoms with Crippen molar-refractivity contribution in [3.05, 3.63) is 129 Å². The van der Waals surface area contributed by atoms with Crippen LogP contribution in [0.5, 0.6) is 0 Å². The Bertz CT molecular complexity index is 1720. The number of rotatable bonds is 12. The average molecular weight is 697 g/mol. The van der Waals surface area contributed by atoms with E-state index < -0.39 is 28.5 Å². The Morgan fingerprint density at radius 3 is 2.20 bits per heavy atom. The molecule has 0 bridgehead atoms. The first-order valence-electron chi connectivity index (χ1n) is 14.2. The van der Waals surface area contributed by atoms with Gasteiger partial charge in [0.15, 0.2) is 0 Å². The highest BCUT2D eigenvalue weighted by Crippen LogP contribution is 2.31. The zero-order valence-corrected chi connectivity index (χ0v) is 28.0. The second-order valence-corrected chi connectivity index (χ2v) is 13.6. The largest absolute Gasteiger partial charge is 0.355 e. The minimum absolute atomic E-state index is 0.0402. The Morgan fingerprint density at radius 1 is 0.886 bits per heavy atom. The van der Waals surface area contributed by atoms with E-state index in [4.69, 9.17) is 11.6 Å². The maximum Gasteiger partial charge on any atom is 0.264 e. The Kier molecular flexibility index (Phi) is 11.2. The molecule has 0 radical (unpaired) electrons. The summed E-state index contributed by atoms with van der Waals surface area (Å²) in [6, 6.07) is 27.4. The van der Waals surface area contributed by atoms with E-state index >= 15 is 0 Å². The average Bonchev–Trinajstić information content (AvgIpc) is 3.00. The summed E-state index contributed by atoms with van der Waals surface area (Å²) in [6.07, 6.45) is 0.243. The molecule has 4 aromatic carbocycles. The molecule has 7 nitrogen and oxygen atoms in total. The molecule has 4 rings (SSSR count). The number of aryl methyl sites for hydroxylation is 1. The number of nitrogens with zero attached hydrogens (tertiary/aromatic N) is 2. The van der Waals surface area contributed by atoms with Crippen LogP contribution in [0.3, 0.4) is 0 Å². The zero-order chi connectivity index (χ0) is 31.9. The van der Waals surface area contributed by atoms with Gasteiger partial charge in [-0.15, -0.1) is 0 Å². The third kappa shape index (κ3) is 8.08. The molecule has 0 aliphatic rings. The van der Waals surface area contributed by atoms with E-state index in [9.17, 15) is 18.0 Å². The molecule has 0 saturated carbocycles. The molecule has 0 fully saturated rings. The number of halogens is 2. The number of hydrogen-bond acceptors (Lipinski definition) is 4. The van der Waals surface area contributed by atoms with Gasteiger partial charge in [0.1, 0.15) is 12.6 Å². The number of sulfonamides is 1. The van der Waals surface area contributed by atoms with E-state index in [0.717, 1.165) is 25.5 Å². The first kappa shape index (κ1) is 33.2. The van der Waals surface area contributed by atoms with Gasteiger partial charge in [-0.3, -0.25) is 13.9 Å². The van der Waals surface area contributed by atoms with Crippen molar-refractivity contribution in [2.24, 2.45) is 0 Å². The third-order valence-electron chi connectivity index (χ3n) is 7.26. The van der Waals surface area contributed by atoms with Crippen LogP contribution in [-0.2, 0) is 32.6 Å². The van der Waals surface area contributed by atoms with Gasteiger partial charge in [0, 0.05) is 29.0 Å². The molecule has 44 heavy (non-hydrogen) atoms. The maximum atomic E-state index is 14.5. The molecular weight excluding hydrogens is 662 g/mol. The van der Waals surface area contributed by atoms with Crippen LogP contribution in [0.2, 0.25) is 5.02 Å². The van der Waals surface area contributed by atoms with Gasteiger partial charge in [0.2, 0.25) is 11.8 Å². The monoisotopic (exact) mass is 695 g/mol. The van der Waals surface area contributed by atoms with Gasteiger partial charge in [-0.25, -0.2) is 8.42 Å². The van der Waals surface area contributed by atoms with E-state index in [1.165, 1.54) is 17.0 Å². The van der Waals surface area contributed by atoms with E-state index in [1.54, 1.807) is 37.3 Å². The van der Waals surface area contributed by atoms with Crippen molar-refractivity contribution < 1.29 is 18.0 Å². The summed E-state index contributed by atoms with van der Waals surface area (Å²) in [5.74, 6) is -0.862. The number of benzene rings is 4. The van der Waals surface area contributed by atoms with Crippen molar-refractivity contribution in [2.45, 2.75) is 44.7 Å². The molecule has 0 aromatic heterocycles. The van der Waals surface area contributed by atoms with Gasteiger partial charge in [0.05, 0.1) is 10.6 Å². The molecule has 0 spiro atoms. The third-order valence-corrected chi connectivity index (χ3v) is 9.94. The number of carbonyl (C=O) groups excluding carboxylic acids is 2. The van der Waals surface area contributed by atoms with Crippen LogP contribution in [0, 0.1) is 13.8 Å². The van der Waals surface area contributed by atoms with Gasteiger partial charge < -0.3 is 10.2 Å². The number of likely N-dealkylation sites (N-methyl/N-ethyl adjacent to an activating group) is 1. The van der Waals surface area contributed by atoms with Crippen molar-refractivity contribution in [1.82, 2.24) is 10.2 Å². The summed E-state index contributed by atoms with van der Waals surface area (Å²) in [4.78, 5) is 29.6. The first-order valence-corrected chi connectivity index (χ1v) is 16.8. The number of hydrogen-bond donors (Lipinski definition) is 1. The van der Waals surface area contributed by atoms with Gasteiger partial charge in [-0.1, -0.05) is 93.8 Å². The molecule has 1 N–H and O–H groups in total. The fourth-order valence-electron chi connectivity index (χ4n) is 4.90. The molecule has 0 heterocycles. The van der Waals surface area contributed by atoms with Crippen molar-refractivity contribution in [3.8, 4) is 0 Å². The summed E-state index contributed by atoms with van der Waals surface area (Å²) < 4.78 is 30.3. The minimum atomic E-state index is -4.21. The molecule has 0 saturated heterocycles. The molecule has 10 heteroatoms. The predicted molar refractivity (Wildman–Crippen MR) is 179 cm³/mol. The lowest BCUT2D eigenvalue weighted by Gasteiger charge is -2.34. The van der Waals surface area contributed by atoms with E-state index in [-0.39, 0.29) is 29.5 Å². The maximum absolute atomic E-state index is 14.5. The van der Waals surface area contributed by atoms with Gasteiger partial charge in [-0.2, -0.15) is 0 Å². The lowest BCUT2D eigenvalue weighted by Crippen LogP contribution is -2.53. The SMILES string of the molecule is CCNC(=O)C(Cc1ccccc1)N(Cc1cccc(Br)c1)C(=O)CN(c1cccc(Cl)c1C)S(=O)(=O)c1ccc(C)cc1. The van der Waals surface area contributed by atoms with Crippen LogP contribution in [0.15, 0.2) is 106 Å². The number of nitrogens with one attached hydrogen (secondary N) is 1. The second-order valence-electron chi connectivity index (χ2n) is 10.5. The van der Waals surface area contributed by atoms with Crippen LogP contribution >= 0.6 is 27.5 Å². The molecule has 0 aliphatic heterocycles. The van der Waals surface area contributed by atoms with Crippen LogP contribution in [-0.4, -0.2) is 44.3 Å². The fraction of sp³-hybridized carbons (Fsp3) is 0.235. The van der Waals surface area contributed by atoms with Crippen molar-refractivity contribution in [3.63, 3.8) is 0 Å². The highest BCUT2D eigenvalue weighted by atomic mass is 79.9. The molecular formula is C34H35BrClN3O4S. The lowest BCUT2D eigenvalue weighted by atomic mass is 10.0. The standard InChI is InChI=1S/C34H35BrClN3O4S/c1-4-37-34(41)32(21-26-10-6-5-7-11-26)38(22-27-12-8-13-28(35)20-27)33(40)23-39(31-15-9-14-30(36)25(31)3)44(42,43)29-18-16-24(2)17-19-29/h5-20,32H,4,21-23H2,1-3H3,(H,37,41). The molecule has 1 atom stereocenters. The predicted octanol–water partition coefficient (Wildman–Crippen LogP) is 6.69. The first-order chi connectivity index (χ1) is 21.0. The summed E-state index contributed by atoms with van der Waals surface area (Å²) in [7, 11) is -4.21. The lowest BCUT2D eigenvalue weighted by molar-refractivity contribution is -0.140. The Hall–Kier alpha value is -3.66. The molecule has 230 valence electrons. The molecule has 4 aromatic rings. The van der Waals surface area contributed by atoms with E-state index in [2.05, 4.69) is 21.2 Å². The number of anilines is 1. The van der Waals surface area contributed by atoms with Crippen molar-refractivity contribution in [2.75, 3.05) is 17.4 Å². The Labute approximate surface area is 273 Å². The summed E-state index contributed by atoms with van der Waals surface area (Å²) in [5.41, 5.74) is 3.34. The molecule has 0 aliphatic carbocycles. The van der Waals surface area contributed by atoms with Crippen LogP contribution in [0.25, 0.3) is 0 Å². The van der Waals surface area contributed by atoms with E-state index in [1.807, 2.05) is 68.4 Å². The number of carbonyl (C=O) groups is 2. The van der Waals surface area contributed by atoms with Crippen molar-refractivity contribution >= 4 is 55.1 Å². The van der Waals surface area contributed by atoms with Crippen LogP contribution in [0.1, 0.15) is 29.2 Å². The molecule has 1 unspecified atom stereocenters. The zero-order valence-electron chi connectivity index (χ0n) is 24.8. The van der Waals surface area contributed by atoms with Crippen LogP contribution in [0.4, 0.5) is 5.69 Å².